The van der Waals surface area contributed by atoms with Gasteiger partial charge in [0.15, 0.2) is 17.5 Å². The summed E-state index contributed by atoms with van der Waals surface area (Å²) < 4.78 is 16.1. The Labute approximate surface area is 148 Å². The fourth-order valence-corrected chi connectivity index (χ4v) is 2.53. The maximum absolute atomic E-state index is 5.42. The number of nitrogens with zero attached hydrogens (tertiary/aromatic N) is 1. The molecule has 0 amide bonds. The van der Waals surface area contributed by atoms with Crippen molar-refractivity contribution in [1.82, 2.24) is 10.6 Å². The Morgan fingerprint density at radius 3 is 2.84 bits per heavy atom. The molecule has 0 saturated heterocycles. The molecule has 0 fully saturated rings. The topological polar surface area (TPSA) is 68.0 Å². The lowest BCUT2D eigenvalue weighted by molar-refractivity contribution is 0.174. The number of benzene rings is 1. The van der Waals surface area contributed by atoms with Crippen LogP contribution in [0.1, 0.15) is 31.1 Å². The second kappa shape index (κ2) is 9.01. The quantitative estimate of drug-likeness (QED) is 0.438. The number of aliphatic imine (C=N–C) groups is 1. The maximum atomic E-state index is 5.42. The third-order valence-corrected chi connectivity index (χ3v) is 3.92. The standard InChI is InChI=1S/C19H25N3O3/c1-2-3-9-20-19(21-10-8-16-5-4-11-23-16)22-13-15-6-7-17-18(12-15)25-14-24-17/h4-7,11-12H,2-3,8-10,13-14H2,1H3,(H2,20,21,22). The van der Waals surface area contributed by atoms with Gasteiger partial charge in [-0.1, -0.05) is 19.4 Å². The van der Waals surface area contributed by atoms with Crippen molar-refractivity contribution in [3.63, 3.8) is 0 Å². The van der Waals surface area contributed by atoms with E-state index in [0.717, 1.165) is 61.1 Å². The van der Waals surface area contributed by atoms with E-state index in [-0.39, 0.29) is 0 Å². The molecule has 6 nitrogen and oxygen atoms in total. The smallest absolute Gasteiger partial charge is 0.231 e. The highest BCUT2D eigenvalue weighted by Crippen LogP contribution is 2.32. The van der Waals surface area contributed by atoms with E-state index in [4.69, 9.17) is 13.9 Å². The first-order valence-corrected chi connectivity index (χ1v) is 8.78. The van der Waals surface area contributed by atoms with Gasteiger partial charge in [-0.25, -0.2) is 4.99 Å². The number of unbranched alkanes of at least 4 members (excludes halogenated alkanes) is 1. The van der Waals surface area contributed by atoms with E-state index in [1.807, 2.05) is 30.3 Å². The molecule has 0 bridgehead atoms. The van der Waals surface area contributed by atoms with Gasteiger partial charge in [0.1, 0.15) is 5.76 Å². The summed E-state index contributed by atoms with van der Waals surface area (Å²) in [7, 11) is 0. The first kappa shape index (κ1) is 17.2. The third kappa shape index (κ3) is 5.17. The van der Waals surface area contributed by atoms with Gasteiger partial charge < -0.3 is 24.5 Å². The van der Waals surface area contributed by atoms with Gasteiger partial charge in [0, 0.05) is 19.5 Å². The summed E-state index contributed by atoms with van der Waals surface area (Å²) in [6.07, 6.45) is 4.78. The lowest BCUT2D eigenvalue weighted by Gasteiger charge is -2.12. The first-order chi connectivity index (χ1) is 12.3. The van der Waals surface area contributed by atoms with Crippen molar-refractivity contribution >= 4 is 5.96 Å². The van der Waals surface area contributed by atoms with E-state index in [1.54, 1.807) is 6.26 Å². The van der Waals surface area contributed by atoms with Crippen LogP contribution in [0.2, 0.25) is 0 Å². The van der Waals surface area contributed by atoms with Gasteiger partial charge in [-0.15, -0.1) is 0 Å². The average molecular weight is 343 g/mol. The number of furan rings is 1. The van der Waals surface area contributed by atoms with Gasteiger partial charge in [-0.2, -0.15) is 0 Å². The Kier molecular flexibility index (Phi) is 6.20. The van der Waals surface area contributed by atoms with Crippen LogP contribution >= 0.6 is 0 Å². The van der Waals surface area contributed by atoms with Crippen LogP contribution in [0.4, 0.5) is 0 Å². The zero-order chi connectivity index (χ0) is 17.3. The minimum absolute atomic E-state index is 0.292. The number of guanidine groups is 1. The summed E-state index contributed by atoms with van der Waals surface area (Å²) in [6, 6.07) is 9.82. The van der Waals surface area contributed by atoms with Crippen LogP contribution in [0, 0.1) is 0 Å². The third-order valence-electron chi connectivity index (χ3n) is 3.92. The van der Waals surface area contributed by atoms with E-state index < -0.39 is 0 Å². The van der Waals surface area contributed by atoms with Crippen LogP contribution in [-0.4, -0.2) is 25.8 Å². The summed E-state index contributed by atoms with van der Waals surface area (Å²) >= 11 is 0. The van der Waals surface area contributed by atoms with Crippen molar-refractivity contribution in [2.45, 2.75) is 32.7 Å². The number of fused-ring (bicyclic) bond motifs is 1. The number of hydrogen-bond acceptors (Lipinski definition) is 4. The normalized spacial score (nSPS) is 13.1. The van der Waals surface area contributed by atoms with E-state index in [2.05, 4.69) is 22.5 Å². The van der Waals surface area contributed by atoms with Gasteiger partial charge in [-0.05, 0) is 36.2 Å². The molecule has 2 N–H and O–H groups in total. The van der Waals surface area contributed by atoms with E-state index in [1.165, 1.54) is 0 Å². The van der Waals surface area contributed by atoms with Crippen LogP contribution in [0.5, 0.6) is 11.5 Å². The Morgan fingerprint density at radius 2 is 2.00 bits per heavy atom. The summed E-state index contributed by atoms with van der Waals surface area (Å²) in [5, 5.41) is 6.74. The molecule has 0 unspecified atom stereocenters. The molecule has 2 aromatic rings. The fraction of sp³-hybridized carbons (Fsp3) is 0.421. The SMILES string of the molecule is CCCCNC(=NCc1ccc2c(c1)OCO2)NCCc1ccco1. The maximum Gasteiger partial charge on any atom is 0.231 e. The zero-order valence-electron chi connectivity index (χ0n) is 14.6. The van der Waals surface area contributed by atoms with Crippen LogP contribution in [0.25, 0.3) is 0 Å². The van der Waals surface area contributed by atoms with Crippen LogP contribution in [0.15, 0.2) is 46.0 Å². The number of rotatable bonds is 8. The van der Waals surface area contributed by atoms with E-state index in [0.29, 0.717) is 13.3 Å². The van der Waals surface area contributed by atoms with Gasteiger partial charge in [0.05, 0.1) is 12.8 Å². The highest BCUT2D eigenvalue weighted by Gasteiger charge is 2.12. The molecule has 6 heteroatoms. The molecule has 0 spiro atoms. The second-order valence-electron chi connectivity index (χ2n) is 5.89. The molecule has 0 atom stereocenters. The number of nitrogens with one attached hydrogen (secondary N) is 2. The monoisotopic (exact) mass is 343 g/mol. The molecule has 1 aliphatic rings. The van der Waals surface area contributed by atoms with E-state index in [9.17, 15) is 0 Å². The lowest BCUT2D eigenvalue weighted by atomic mass is 10.2. The molecule has 1 aromatic heterocycles. The summed E-state index contributed by atoms with van der Waals surface area (Å²) in [5.74, 6) is 3.37. The van der Waals surface area contributed by atoms with Gasteiger partial charge in [0.25, 0.3) is 0 Å². The molecule has 25 heavy (non-hydrogen) atoms. The molecular formula is C19H25N3O3. The Hall–Kier alpha value is -2.63. The molecule has 1 aliphatic heterocycles. The minimum Gasteiger partial charge on any atom is -0.469 e. The van der Waals surface area contributed by atoms with Crippen LogP contribution < -0.4 is 20.1 Å². The fourth-order valence-electron chi connectivity index (χ4n) is 2.53. The number of hydrogen-bond donors (Lipinski definition) is 2. The molecular weight excluding hydrogens is 318 g/mol. The van der Waals surface area contributed by atoms with Crippen molar-refractivity contribution in [2.75, 3.05) is 19.9 Å². The first-order valence-electron chi connectivity index (χ1n) is 8.78. The largest absolute Gasteiger partial charge is 0.469 e. The molecule has 2 heterocycles. The van der Waals surface area contributed by atoms with Crippen molar-refractivity contribution in [2.24, 2.45) is 4.99 Å². The summed E-state index contributed by atoms with van der Waals surface area (Å²) in [5.41, 5.74) is 1.09. The van der Waals surface area contributed by atoms with Crippen molar-refractivity contribution in [3.8, 4) is 11.5 Å². The van der Waals surface area contributed by atoms with E-state index >= 15 is 0 Å². The number of ether oxygens (including phenoxy) is 2. The molecule has 3 rings (SSSR count). The van der Waals surface area contributed by atoms with Crippen molar-refractivity contribution < 1.29 is 13.9 Å². The average Bonchev–Trinajstić information content (AvgIpc) is 3.30. The van der Waals surface area contributed by atoms with Crippen molar-refractivity contribution in [3.05, 3.63) is 47.9 Å². The summed E-state index contributed by atoms with van der Waals surface area (Å²) in [6.45, 7) is 4.73. The Bertz CT molecular complexity index is 683. The summed E-state index contributed by atoms with van der Waals surface area (Å²) in [4.78, 5) is 4.68. The van der Waals surface area contributed by atoms with Crippen LogP contribution in [0.3, 0.4) is 0 Å². The van der Waals surface area contributed by atoms with Crippen molar-refractivity contribution in [1.29, 1.82) is 0 Å². The second-order valence-corrected chi connectivity index (χ2v) is 5.89. The molecule has 0 radical (unpaired) electrons. The predicted octanol–water partition coefficient (Wildman–Crippen LogP) is 3.09. The highest BCUT2D eigenvalue weighted by molar-refractivity contribution is 5.79. The molecule has 0 saturated carbocycles. The van der Waals surface area contributed by atoms with Gasteiger partial charge in [-0.3, -0.25) is 0 Å². The van der Waals surface area contributed by atoms with Gasteiger partial charge >= 0.3 is 0 Å². The zero-order valence-corrected chi connectivity index (χ0v) is 14.6. The predicted molar refractivity (Wildman–Crippen MR) is 97.0 cm³/mol. The minimum atomic E-state index is 0.292. The Morgan fingerprint density at radius 1 is 1.12 bits per heavy atom. The molecule has 134 valence electrons. The Balaban J connectivity index is 1.55. The molecule has 1 aromatic carbocycles. The highest BCUT2D eigenvalue weighted by atomic mass is 16.7. The molecule has 0 aliphatic carbocycles. The van der Waals surface area contributed by atoms with Crippen LogP contribution in [-0.2, 0) is 13.0 Å². The van der Waals surface area contributed by atoms with Gasteiger partial charge in [0.2, 0.25) is 6.79 Å². The lowest BCUT2D eigenvalue weighted by Crippen LogP contribution is -2.38.